The fourth-order valence-electron chi connectivity index (χ4n) is 2.82. The molecule has 0 aliphatic heterocycles. The van der Waals surface area contributed by atoms with E-state index in [4.69, 9.17) is 0 Å². The lowest BCUT2D eigenvalue weighted by Gasteiger charge is -2.08. The second kappa shape index (κ2) is 7.73. The zero-order chi connectivity index (χ0) is 19.7. The number of ketones is 2. The Labute approximate surface area is 177 Å². The number of rotatable bonds is 4. The molecule has 28 heavy (non-hydrogen) atoms. The van der Waals surface area contributed by atoms with Gasteiger partial charge in [-0.05, 0) is 54.6 Å². The molecule has 0 N–H and O–H groups in total. The molecule has 0 aliphatic carbocycles. The molecule has 136 valence electrons. The lowest BCUT2D eigenvalue weighted by atomic mass is 10.0. The largest absolute Gasteiger partial charge is 0.287 e. The van der Waals surface area contributed by atoms with Crippen molar-refractivity contribution in [2.45, 2.75) is 0 Å². The van der Waals surface area contributed by atoms with Crippen molar-refractivity contribution in [2.24, 2.45) is 0 Å². The lowest BCUT2D eigenvalue weighted by Crippen LogP contribution is -2.13. The fourth-order valence-corrected chi connectivity index (χ4v) is 3.35. The molecule has 0 radical (unpaired) electrons. The first-order valence-electron chi connectivity index (χ1n) is 8.40. The van der Waals surface area contributed by atoms with Crippen LogP contribution in [0.2, 0.25) is 0 Å². The first-order chi connectivity index (χ1) is 13.5. The third-order valence-corrected chi connectivity index (χ3v) is 5.29. The molecule has 4 aromatic rings. The molecule has 3 aromatic carbocycles. The van der Waals surface area contributed by atoms with Crippen LogP contribution in [-0.2, 0) is 0 Å². The summed E-state index contributed by atoms with van der Waals surface area (Å²) in [6, 6.07) is 21.2. The summed E-state index contributed by atoms with van der Waals surface area (Å²) in [6.45, 7) is 0. The predicted octanol–water partition coefficient (Wildman–Crippen LogP) is 5.62. The van der Waals surface area contributed by atoms with Crippen molar-refractivity contribution in [2.75, 3.05) is 0 Å². The maximum absolute atomic E-state index is 13.1. The summed E-state index contributed by atoms with van der Waals surface area (Å²) in [7, 11) is 0. The number of nitrogens with zero attached hydrogens (tertiary/aromatic N) is 2. The van der Waals surface area contributed by atoms with Gasteiger partial charge in [-0.25, -0.2) is 9.97 Å². The van der Waals surface area contributed by atoms with Gasteiger partial charge in [0.1, 0.15) is 5.69 Å². The molecule has 0 aliphatic rings. The molecular weight excluding hydrogens is 484 g/mol. The summed E-state index contributed by atoms with van der Waals surface area (Å²) in [4.78, 5) is 34.8. The highest BCUT2D eigenvalue weighted by molar-refractivity contribution is 9.10. The number of carbonyl (C=O) groups excluding carboxylic acids is 2. The molecule has 0 amide bonds. The third-order valence-electron chi connectivity index (χ3n) is 4.23. The van der Waals surface area contributed by atoms with Gasteiger partial charge in [-0.15, -0.1) is 0 Å². The van der Waals surface area contributed by atoms with Crippen LogP contribution in [0.25, 0.3) is 10.9 Å². The van der Waals surface area contributed by atoms with E-state index in [9.17, 15) is 9.59 Å². The minimum Gasteiger partial charge on any atom is -0.287 e. The van der Waals surface area contributed by atoms with Crippen molar-refractivity contribution >= 4 is 54.3 Å². The van der Waals surface area contributed by atoms with Crippen LogP contribution in [0.15, 0.2) is 81.7 Å². The zero-order valence-corrected chi connectivity index (χ0v) is 17.6. The number of hydrogen-bond acceptors (Lipinski definition) is 4. The maximum Gasteiger partial charge on any atom is 0.230 e. The average molecular weight is 496 g/mol. The number of aromatic nitrogens is 2. The molecule has 1 aromatic heterocycles. The van der Waals surface area contributed by atoms with E-state index < -0.39 is 0 Å². The monoisotopic (exact) mass is 494 g/mol. The third kappa shape index (κ3) is 3.66. The molecular formula is C22H12Br2N2O2. The van der Waals surface area contributed by atoms with E-state index in [2.05, 4.69) is 41.8 Å². The van der Waals surface area contributed by atoms with Crippen LogP contribution in [0.5, 0.6) is 0 Å². The van der Waals surface area contributed by atoms with Gasteiger partial charge >= 0.3 is 0 Å². The van der Waals surface area contributed by atoms with Crippen molar-refractivity contribution in [1.29, 1.82) is 0 Å². The van der Waals surface area contributed by atoms with E-state index in [-0.39, 0.29) is 23.1 Å². The van der Waals surface area contributed by atoms with Gasteiger partial charge in [0, 0.05) is 25.5 Å². The van der Waals surface area contributed by atoms with Gasteiger partial charge in [0.2, 0.25) is 17.4 Å². The van der Waals surface area contributed by atoms with Crippen LogP contribution >= 0.6 is 31.9 Å². The van der Waals surface area contributed by atoms with E-state index in [0.29, 0.717) is 22.0 Å². The van der Waals surface area contributed by atoms with Crippen molar-refractivity contribution in [1.82, 2.24) is 9.97 Å². The molecule has 4 rings (SSSR count). The highest BCUT2D eigenvalue weighted by atomic mass is 79.9. The zero-order valence-electron chi connectivity index (χ0n) is 14.4. The standard InChI is InChI=1S/C22H12Br2N2O2/c23-15-9-5-13(6-10-15)20(27)19-17-3-1-2-4-18(17)25-22(26-19)21(28)14-7-11-16(24)12-8-14/h1-12H. The molecule has 0 unspecified atom stereocenters. The number of fused-ring (bicyclic) bond motifs is 1. The van der Waals surface area contributed by atoms with E-state index >= 15 is 0 Å². The van der Waals surface area contributed by atoms with E-state index in [0.717, 1.165) is 8.95 Å². The molecule has 6 heteroatoms. The second-order valence-corrected chi connectivity index (χ2v) is 7.92. The summed E-state index contributed by atoms with van der Waals surface area (Å²) < 4.78 is 1.75. The maximum atomic E-state index is 13.1. The van der Waals surface area contributed by atoms with Crippen LogP contribution in [-0.4, -0.2) is 21.5 Å². The van der Waals surface area contributed by atoms with Gasteiger partial charge in [-0.3, -0.25) is 9.59 Å². The summed E-state index contributed by atoms with van der Waals surface area (Å²) in [6.07, 6.45) is 0. The van der Waals surface area contributed by atoms with Gasteiger partial charge in [0.15, 0.2) is 0 Å². The Bertz CT molecular complexity index is 1200. The average Bonchev–Trinajstić information content (AvgIpc) is 2.73. The number of benzene rings is 3. The molecule has 0 saturated heterocycles. The summed E-state index contributed by atoms with van der Waals surface area (Å²) >= 11 is 6.72. The van der Waals surface area contributed by atoms with Crippen molar-refractivity contribution < 1.29 is 9.59 Å². The minimum atomic E-state index is -0.330. The highest BCUT2D eigenvalue weighted by Crippen LogP contribution is 2.21. The first-order valence-corrected chi connectivity index (χ1v) is 9.99. The van der Waals surface area contributed by atoms with Gasteiger partial charge in [0.05, 0.1) is 5.52 Å². The molecule has 0 saturated carbocycles. The van der Waals surface area contributed by atoms with Crippen molar-refractivity contribution in [3.8, 4) is 0 Å². The topological polar surface area (TPSA) is 59.9 Å². The lowest BCUT2D eigenvalue weighted by molar-refractivity contribution is 0.102. The van der Waals surface area contributed by atoms with Crippen LogP contribution in [0.3, 0.4) is 0 Å². The van der Waals surface area contributed by atoms with Gasteiger partial charge < -0.3 is 0 Å². The Balaban J connectivity index is 1.86. The SMILES string of the molecule is O=C(c1ccc(Br)cc1)c1nc(C(=O)c2ccc(Br)cc2)c2ccccc2n1. The van der Waals surface area contributed by atoms with Gasteiger partial charge in [0.25, 0.3) is 0 Å². The minimum absolute atomic E-state index is 0.00137. The quantitative estimate of drug-likeness (QED) is 0.345. The summed E-state index contributed by atoms with van der Waals surface area (Å²) in [5.41, 5.74) is 1.72. The number of para-hydroxylation sites is 1. The highest BCUT2D eigenvalue weighted by Gasteiger charge is 2.20. The summed E-state index contributed by atoms with van der Waals surface area (Å²) in [5.74, 6) is -0.583. The molecule has 0 fully saturated rings. The predicted molar refractivity (Wildman–Crippen MR) is 115 cm³/mol. The normalized spacial score (nSPS) is 10.8. The van der Waals surface area contributed by atoms with E-state index in [1.54, 1.807) is 60.7 Å². The Hall–Kier alpha value is -2.70. The molecule has 0 atom stereocenters. The van der Waals surface area contributed by atoms with Gasteiger partial charge in [-0.1, -0.05) is 50.1 Å². The van der Waals surface area contributed by atoms with Crippen molar-refractivity contribution in [3.63, 3.8) is 0 Å². The van der Waals surface area contributed by atoms with Crippen LogP contribution in [0.4, 0.5) is 0 Å². The molecule has 1 heterocycles. The smallest absolute Gasteiger partial charge is 0.230 e. The van der Waals surface area contributed by atoms with E-state index in [1.807, 2.05) is 12.1 Å². The van der Waals surface area contributed by atoms with Crippen LogP contribution in [0.1, 0.15) is 32.2 Å². The second-order valence-electron chi connectivity index (χ2n) is 6.09. The van der Waals surface area contributed by atoms with Gasteiger partial charge in [-0.2, -0.15) is 0 Å². The fraction of sp³-hybridized carbons (Fsp3) is 0. The number of carbonyl (C=O) groups is 2. The summed E-state index contributed by atoms with van der Waals surface area (Å²) in [5, 5.41) is 0.614. The first kappa shape index (κ1) is 18.7. The molecule has 4 nitrogen and oxygen atoms in total. The molecule has 0 bridgehead atoms. The number of hydrogen-bond donors (Lipinski definition) is 0. The molecule has 0 spiro atoms. The van der Waals surface area contributed by atoms with Crippen LogP contribution < -0.4 is 0 Å². The Morgan fingerprint density at radius 2 is 1.18 bits per heavy atom. The van der Waals surface area contributed by atoms with Crippen LogP contribution in [0, 0.1) is 0 Å². The Morgan fingerprint density at radius 3 is 1.79 bits per heavy atom. The Kier molecular flexibility index (Phi) is 5.15. The Morgan fingerprint density at radius 1 is 0.643 bits per heavy atom. The van der Waals surface area contributed by atoms with Crippen molar-refractivity contribution in [3.05, 3.63) is 104 Å². The van der Waals surface area contributed by atoms with E-state index in [1.165, 1.54) is 0 Å². The number of halogens is 2.